The van der Waals surface area contributed by atoms with Gasteiger partial charge >= 0.3 is 0 Å². The highest BCUT2D eigenvalue weighted by atomic mass is 32.2. The first kappa shape index (κ1) is 46.8. The molecule has 0 aliphatic carbocycles. The Bertz CT molecular complexity index is 3220. The molecule has 0 atom stereocenters. The number of carbonyl (C=O) groups is 2. The highest BCUT2D eigenvalue weighted by molar-refractivity contribution is 7.90. The third-order valence-corrected chi connectivity index (χ3v) is 14.9. The van der Waals surface area contributed by atoms with Gasteiger partial charge in [0, 0.05) is 48.1 Å². The fraction of sp³-hybridized carbons (Fsp3) is 0.231. The maximum atomic E-state index is 13.3. The molecule has 0 saturated heterocycles. The van der Waals surface area contributed by atoms with E-state index in [-0.39, 0.29) is 101 Å². The van der Waals surface area contributed by atoms with Crippen molar-refractivity contribution in [2.24, 2.45) is 0 Å². The molecule has 2 amide bonds. The van der Waals surface area contributed by atoms with Gasteiger partial charge in [0.1, 0.15) is 0 Å². The van der Waals surface area contributed by atoms with Crippen molar-refractivity contribution >= 4 is 96.5 Å². The third-order valence-electron chi connectivity index (χ3n) is 11.8. The molecule has 0 saturated carbocycles. The first-order chi connectivity index (χ1) is 33.1. The van der Waals surface area contributed by atoms with Crippen LogP contribution in [0.3, 0.4) is 0 Å². The quantitative estimate of drug-likeness (QED) is 0.0364. The molecule has 0 spiro atoms. The fourth-order valence-electron chi connectivity index (χ4n) is 8.66. The van der Waals surface area contributed by atoms with E-state index >= 15 is 0 Å². The van der Waals surface area contributed by atoms with Gasteiger partial charge in [0.2, 0.25) is 20.0 Å². The minimum atomic E-state index is -3.80. The topological polar surface area (TPSA) is 187 Å². The van der Waals surface area contributed by atoms with Gasteiger partial charge in [-0.1, -0.05) is 103 Å². The summed E-state index contributed by atoms with van der Waals surface area (Å²) in [5.74, 6) is -0.722. The Morgan fingerprint density at radius 1 is 0.368 bits per heavy atom. The van der Waals surface area contributed by atoms with Crippen molar-refractivity contribution in [3.63, 3.8) is 0 Å². The van der Waals surface area contributed by atoms with Gasteiger partial charge in [0.25, 0.3) is 11.8 Å². The van der Waals surface area contributed by atoms with Crippen molar-refractivity contribution < 1.29 is 45.4 Å². The lowest BCUT2D eigenvalue weighted by Crippen LogP contribution is -2.30. The van der Waals surface area contributed by atoms with Gasteiger partial charge < -0.3 is 29.6 Å². The molecule has 9 aromatic carbocycles. The minimum Gasteiger partial charge on any atom is -0.378 e. The van der Waals surface area contributed by atoms with Gasteiger partial charge in [0.15, 0.2) is 0 Å². The van der Waals surface area contributed by atoms with Crippen molar-refractivity contribution in [2.45, 2.75) is 9.79 Å². The third kappa shape index (κ3) is 10.2. The zero-order chi connectivity index (χ0) is 47.1. The zero-order valence-corrected chi connectivity index (χ0v) is 38.7. The highest BCUT2D eigenvalue weighted by Gasteiger charge is 2.21. The van der Waals surface area contributed by atoms with Crippen LogP contribution in [0, 0.1) is 0 Å². The monoisotopic (exact) mass is 954 g/mol. The average Bonchev–Trinajstić information content (AvgIpc) is 3.35. The summed E-state index contributed by atoms with van der Waals surface area (Å²) in [6.07, 6.45) is 0. The Hall–Kier alpha value is -6.34. The molecule has 14 nitrogen and oxygen atoms in total. The van der Waals surface area contributed by atoms with Crippen molar-refractivity contribution in [3.05, 3.63) is 145 Å². The van der Waals surface area contributed by atoms with Crippen LogP contribution in [0.1, 0.15) is 20.7 Å². The molecule has 0 aliphatic heterocycles. The second kappa shape index (κ2) is 20.9. The minimum absolute atomic E-state index is 0.0881. The summed E-state index contributed by atoms with van der Waals surface area (Å²) in [6.45, 7) is 2.37. The summed E-state index contributed by atoms with van der Waals surface area (Å²) >= 11 is 0. The van der Waals surface area contributed by atoms with Gasteiger partial charge in [-0.3, -0.25) is 9.59 Å². The number of benzene rings is 9. The van der Waals surface area contributed by atoms with Crippen LogP contribution >= 0.6 is 0 Å². The van der Waals surface area contributed by atoms with E-state index in [2.05, 4.69) is 32.2 Å². The molecule has 0 heterocycles. The van der Waals surface area contributed by atoms with Crippen LogP contribution in [0.15, 0.2) is 143 Å². The summed E-state index contributed by atoms with van der Waals surface area (Å²) in [5.41, 5.74) is 0.634. The normalized spacial score (nSPS) is 12.4. The number of hydrogen-bond donors (Lipinski definition) is 4. The predicted octanol–water partition coefficient (Wildman–Crippen LogP) is 6.96. The van der Waals surface area contributed by atoms with Gasteiger partial charge in [-0.25, -0.2) is 26.3 Å². The molecule has 0 unspecified atom stereocenters. The summed E-state index contributed by atoms with van der Waals surface area (Å²) < 4.78 is 80.9. The van der Waals surface area contributed by atoms with Crippen LogP contribution in [-0.2, 0) is 39.0 Å². The molecule has 4 N–H and O–H groups in total. The lowest BCUT2D eigenvalue weighted by Gasteiger charge is -2.14. The summed E-state index contributed by atoms with van der Waals surface area (Å²) in [4.78, 5) is 26.0. The molecular weight excluding hydrogens is 905 g/mol. The summed E-state index contributed by atoms with van der Waals surface area (Å²) in [6, 6.07) is 41.2. The van der Waals surface area contributed by atoms with E-state index in [9.17, 15) is 26.4 Å². The Morgan fingerprint density at radius 2 is 0.691 bits per heavy atom. The largest absolute Gasteiger partial charge is 0.378 e. The second-order valence-corrected chi connectivity index (χ2v) is 19.6. The van der Waals surface area contributed by atoms with E-state index in [0.29, 0.717) is 21.9 Å². The van der Waals surface area contributed by atoms with Crippen LogP contribution in [0.4, 0.5) is 0 Å². The lowest BCUT2D eigenvalue weighted by molar-refractivity contribution is 0.0503. The first-order valence-corrected chi connectivity index (χ1v) is 25.4. The number of amides is 2. The van der Waals surface area contributed by atoms with E-state index in [0.717, 1.165) is 53.9 Å². The first-order valence-electron chi connectivity index (χ1n) is 22.4. The number of carbonyl (C=O) groups excluding carboxylic acids is 2. The number of sulfonamides is 2. The second-order valence-electron chi connectivity index (χ2n) is 16.2. The SMILES string of the molecule is O=C(NCCOCCOCCNS(=O)(=O)c1ccc2ccc3cccc4ccc1c2c34)c1cccc(C(=O)NCCOCCOCCNS(=O)(=O)c2ccc3ccc4cccc5ccc2c3c45)c1. The number of hydrogen-bond acceptors (Lipinski definition) is 10. The number of rotatable bonds is 24. The summed E-state index contributed by atoms with van der Waals surface area (Å²) in [5, 5.41) is 17.1. The number of ether oxygens (including phenoxy) is 4. The van der Waals surface area contributed by atoms with Gasteiger partial charge in [0.05, 0.1) is 62.6 Å². The molecule has 68 heavy (non-hydrogen) atoms. The van der Waals surface area contributed by atoms with Crippen molar-refractivity contribution in [3.8, 4) is 0 Å². The van der Waals surface area contributed by atoms with Crippen LogP contribution in [0.5, 0.6) is 0 Å². The van der Waals surface area contributed by atoms with Gasteiger partial charge in [-0.2, -0.15) is 0 Å². The van der Waals surface area contributed by atoms with Crippen molar-refractivity contribution in [2.75, 3.05) is 79.0 Å². The van der Waals surface area contributed by atoms with Crippen LogP contribution in [-0.4, -0.2) is 108 Å². The van der Waals surface area contributed by atoms with Crippen LogP contribution in [0.2, 0.25) is 0 Å². The zero-order valence-electron chi connectivity index (χ0n) is 37.1. The lowest BCUT2D eigenvalue weighted by atomic mass is 9.94. The molecule has 0 radical (unpaired) electrons. The molecule has 0 aromatic heterocycles. The maximum absolute atomic E-state index is 13.3. The van der Waals surface area contributed by atoms with Crippen molar-refractivity contribution in [1.82, 2.24) is 20.1 Å². The van der Waals surface area contributed by atoms with Crippen molar-refractivity contribution in [1.29, 1.82) is 0 Å². The molecule has 0 aliphatic rings. The standard InChI is InChI=1S/C52H50N4O10S2/c57-51(53-22-26-63-30-32-65-28-24-55-67(59,60)45-20-16-39-12-10-35-4-1-6-37-14-18-43(45)49(39)47(35)37)41-8-3-9-42(34-41)52(58)54-23-27-64-31-33-66-29-25-56-68(61,62)46-21-17-40-13-11-36-5-2-7-38-15-19-44(46)50(40)48(36)38/h1-21,34,55-56H,22-33H2,(H,53,57)(H,54,58). The highest BCUT2D eigenvalue weighted by Crippen LogP contribution is 2.38. The molecular formula is C52H50N4O10S2. The molecule has 9 aromatic rings. The van der Waals surface area contributed by atoms with E-state index in [1.54, 1.807) is 30.3 Å². The predicted molar refractivity (Wildman–Crippen MR) is 265 cm³/mol. The average molecular weight is 955 g/mol. The van der Waals surface area contributed by atoms with Gasteiger partial charge in [-0.15, -0.1) is 0 Å². The molecule has 350 valence electrons. The Balaban J connectivity index is 0.611. The summed E-state index contributed by atoms with van der Waals surface area (Å²) in [7, 11) is -7.61. The van der Waals surface area contributed by atoms with E-state index in [4.69, 9.17) is 18.9 Å². The van der Waals surface area contributed by atoms with Crippen LogP contribution in [0.25, 0.3) is 64.6 Å². The van der Waals surface area contributed by atoms with E-state index < -0.39 is 20.0 Å². The molecule has 16 heteroatoms. The smallest absolute Gasteiger partial charge is 0.251 e. The maximum Gasteiger partial charge on any atom is 0.251 e. The Labute approximate surface area is 393 Å². The van der Waals surface area contributed by atoms with E-state index in [1.807, 2.05) is 84.9 Å². The fourth-order valence-corrected chi connectivity index (χ4v) is 11.1. The van der Waals surface area contributed by atoms with Gasteiger partial charge in [-0.05, 0) is 84.2 Å². The van der Waals surface area contributed by atoms with Crippen LogP contribution < -0.4 is 20.1 Å². The number of nitrogens with one attached hydrogen (secondary N) is 4. The van der Waals surface area contributed by atoms with E-state index in [1.165, 1.54) is 6.07 Å². The Morgan fingerprint density at radius 3 is 1.09 bits per heavy atom. The molecule has 9 rings (SSSR count). The Kier molecular flexibility index (Phi) is 14.4. The molecule has 0 fully saturated rings. The molecule has 0 bridgehead atoms.